The van der Waals surface area contributed by atoms with Crippen molar-refractivity contribution in [3.05, 3.63) is 0 Å². The van der Waals surface area contributed by atoms with Gasteiger partial charge in [0.1, 0.15) is 19.3 Å². The minimum Gasteiger partial charge on any atom is -0.462 e. The molecule has 0 aliphatic heterocycles. The second-order valence-electron chi connectivity index (χ2n) is 28.6. The van der Waals surface area contributed by atoms with E-state index >= 15 is 0 Å². The van der Waals surface area contributed by atoms with Crippen LogP contribution in [-0.4, -0.2) is 96.7 Å². The molecular formula is C76H148O17P2. The van der Waals surface area contributed by atoms with E-state index < -0.39 is 97.5 Å². The van der Waals surface area contributed by atoms with E-state index in [-0.39, 0.29) is 25.7 Å². The van der Waals surface area contributed by atoms with Crippen molar-refractivity contribution in [1.29, 1.82) is 0 Å². The van der Waals surface area contributed by atoms with Crippen LogP contribution in [0.5, 0.6) is 0 Å². The molecule has 0 aromatic heterocycles. The second-order valence-corrected chi connectivity index (χ2v) is 31.5. The number of rotatable bonds is 74. The van der Waals surface area contributed by atoms with E-state index in [1.165, 1.54) is 193 Å². The Balaban J connectivity index is 5.17. The van der Waals surface area contributed by atoms with Gasteiger partial charge in [-0.3, -0.25) is 37.3 Å². The molecule has 0 aromatic rings. The summed E-state index contributed by atoms with van der Waals surface area (Å²) in [5, 5.41) is 10.6. The molecule has 0 aliphatic carbocycles. The van der Waals surface area contributed by atoms with Gasteiger partial charge in [0.15, 0.2) is 12.2 Å². The maximum atomic E-state index is 13.1. The first-order valence-corrected chi connectivity index (χ1v) is 42.4. The first-order chi connectivity index (χ1) is 45.8. The van der Waals surface area contributed by atoms with Gasteiger partial charge >= 0.3 is 39.5 Å². The number of phosphoric ester groups is 2. The van der Waals surface area contributed by atoms with E-state index in [1.54, 1.807) is 0 Å². The highest BCUT2D eigenvalue weighted by atomic mass is 31.2. The number of ether oxygens (including phenoxy) is 4. The lowest BCUT2D eigenvalue weighted by Gasteiger charge is -2.21. The molecule has 564 valence electrons. The second kappa shape index (κ2) is 66.6. The van der Waals surface area contributed by atoms with E-state index in [2.05, 4.69) is 48.5 Å². The zero-order chi connectivity index (χ0) is 70.1. The zero-order valence-corrected chi connectivity index (χ0v) is 63.9. The Kier molecular flexibility index (Phi) is 65.2. The minimum atomic E-state index is -4.96. The highest BCUT2D eigenvalue weighted by Crippen LogP contribution is 2.45. The van der Waals surface area contributed by atoms with Gasteiger partial charge in [-0.05, 0) is 43.4 Å². The molecule has 0 rings (SSSR count). The summed E-state index contributed by atoms with van der Waals surface area (Å²) in [7, 11) is -9.91. The molecule has 19 heteroatoms. The molecule has 0 spiro atoms. The van der Waals surface area contributed by atoms with Crippen molar-refractivity contribution in [3.63, 3.8) is 0 Å². The quantitative estimate of drug-likeness (QED) is 0.0222. The van der Waals surface area contributed by atoms with Gasteiger partial charge in [-0.1, -0.05) is 337 Å². The monoisotopic (exact) mass is 1400 g/mol. The summed E-state index contributed by atoms with van der Waals surface area (Å²) < 4.78 is 68.4. The van der Waals surface area contributed by atoms with Crippen LogP contribution >= 0.6 is 15.6 Å². The molecule has 95 heavy (non-hydrogen) atoms. The maximum Gasteiger partial charge on any atom is 0.472 e. The summed E-state index contributed by atoms with van der Waals surface area (Å²) in [4.78, 5) is 72.7. The molecule has 6 atom stereocenters. The number of hydrogen-bond donors (Lipinski definition) is 3. The molecule has 0 saturated heterocycles. The van der Waals surface area contributed by atoms with Gasteiger partial charge in [0.05, 0.1) is 26.4 Å². The van der Waals surface area contributed by atoms with Crippen molar-refractivity contribution in [2.24, 2.45) is 17.8 Å². The van der Waals surface area contributed by atoms with Gasteiger partial charge in [0.2, 0.25) is 0 Å². The van der Waals surface area contributed by atoms with Gasteiger partial charge in [0.25, 0.3) is 0 Å². The lowest BCUT2D eigenvalue weighted by molar-refractivity contribution is -0.161. The average molecular weight is 1400 g/mol. The first kappa shape index (κ1) is 93.1. The van der Waals surface area contributed by atoms with Crippen LogP contribution in [0.1, 0.15) is 389 Å². The molecule has 0 bridgehead atoms. The number of unbranched alkanes of at least 4 members (excludes halogenated alkanes) is 41. The maximum absolute atomic E-state index is 13.1. The van der Waals surface area contributed by atoms with Gasteiger partial charge in [-0.25, -0.2) is 9.13 Å². The van der Waals surface area contributed by atoms with Crippen molar-refractivity contribution < 1.29 is 80.2 Å². The highest BCUT2D eigenvalue weighted by molar-refractivity contribution is 7.47. The molecule has 0 saturated carbocycles. The predicted molar refractivity (Wildman–Crippen MR) is 386 cm³/mol. The molecule has 0 aromatic carbocycles. The zero-order valence-electron chi connectivity index (χ0n) is 62.1. The number of aliphatic hydroxyl groups excluding tert-OH is 1. The molecule has 3 unspecified atom stereocenters. The Morgan fingerprint density at radius 1 is 0.305 bits per heavy atom. The summed E-state index contributed by atoms with van der Waals surface area (Å²) in [5.74, 6) is 0.0682. The largest absolute Gasteiger partial charge is 0.472 e. The number of hydrogen-bond acceptors (Lipinski definition) is 15. The van der Waals surface area contributed by atoms with Crippen molar-refractivity contribution in [1.82, 2.24) is 0 Å². The van der Waals surface area contributed by atoms with Crippen LogP contribution in [0, 0.1) is 17.8 Å². The third-order valence-electron chi connectivity index (χ3n) is 18.0. The minimum absolute atomic E-state index is 0.104. The Bertz CT molecular complexity index is 1850. The van der Waals surface area contributed by atoms with Gasteiger partial charge in [-0.15, -0.1) is 0 Å². The molecule has 0 fully saturated rings. The average Bonchev–Trinajstić information content (AvgIpc) is 1.51. The summed E-state index contributed by atoms with van der Waals surface area (Å²) in [5.41, 5.74) is 0. The molecule has 0 radical (unpaired) electrons. The van der Waals surface area contributed by atoms with Gasteiger partial charge in [0, 0.05) is 25.7 Å². The van der Waals surface area contributed by atoms with Crippen LogP contribution in [0.15, 0.2) is 0 Å². The molecule has 0 heterocycles. The molecule has 17 nitrogen and oxygen atoms in total. The van der Waals surface area contributed by atoms with Gasteiger partial charge in [-0.2, -0.15) is 0 Å². The fourth-order valence-corrected chi connectivity index (χ4v) is 13.1. The van der Waals surface area contributed by atoms with E-state index in [0.717, 1.165) is 108 Å². The van der Waals surface area contributed by atoms with E-state index in [4.69, 9.17) is 37.0 Å². The Morgan fingerprint density at radius 2 is 0.537 bits per heavy atom. The Labute approximate surface area is 581 Å². The molecule has 0 amide bonds. The third-order valence-corrected chi connectivity index (χ3v) is 19.9. The third kappa shape index (κ3) is 69.0. The van der Waals surface area contributed by atoms with Crippen LogP contribution in [0.2, 0.25) is 0 Å². The van der Waals surface area contributed by atoms with Crippen LogP contribution in [0.3, 0.4) is 0 Å². The van der Waals surface area contributed by atoms with E-state index in [0.29, 0.717) is 31.6 Å². The Hall–Kier alpha value is -1.94. The fraction of sp³-hybridized carbons (Fsp3) is 0.947. The van der Waals surface area contributed by atoms with Crippen LogP contribution in [0.4, 0.5) is 0 Å². The fourth-order valence-electron chi connectivity index (χ4n) is 11.6. The lowest BCUT2D eigenvalue weighted by Crippen LogP contribution is -2.30. The van der Waals surface area contributed by atoms with E-state index in [1.807, 2.05) is 0 Å². The van der Waals surface area contributed by atoms with Crippen molar-refractivity contribution >= 4 is 39.5 Å². The van der Waals surface area contributed by atoms with Crippen molar-refractivity contribution in [2.75, 3.05) is 39.6 Å². The normalized spacial score (nSPS) is 14.4. The topological polar surface area (TPSA) is 237 Å². The summed E-state index contributed by atoms with van der Waals surface area (Å²) in [6.07, 6.45) is 53.1. The van der Waals surface area contributed by atoms with E-state index in [9.17, 15) is 43.2 Å². The molecule has 0 aliphatic rings. The van der Waals surface area contributed by atoms with Gasteiger partial charge < -0.3 is 33.8 Å². The SMILES string of the molecule is CCCCCCCCCCCCCCCCCCCCCCCCC(=O)O[C@H](COC(=O)CCCCCCCCCCCC(C)C)COP(=O)(O)OC[C@@H](O)COP(=O)(O)OC[C@@H](COC(=O)CCCCCCCCC(C)C)OC(=O)CCCCCCCCCCC(C)CC. The number of esters is 4. The van der Waals surface area contributed by atoms with Crippen LogP contribution in [-0.2, 0) is 65.4 Å². The van der Waals surface area contributed by atoms with Crippen molar-refractivity contribution in [2.45, 2.75) is 407 Å². The first-order valence-electron chi connectivity index (χ1n) is 39.4. The predicted octanol–water partition coefficient (Wildman–Crippen LogP) is 22.2. The lowest BCUT2D eigenvalue weighted by atomic mass is 9.99. The summed E-state index contributed by atoms with van der Waals surface area (Å²) >= 11 is 0. The highest BCUT2D eigenvalue weighted by Gasteiger charge is 2.30. The molecule has 3 N–H and O–H groups in total. The number of carbonyl (C=O) groups is 4. The Morgan fingerprint density at radius 3 is 0.800 bits per heavy atom. The standard InChI is InChI=1S/C76H148O17P2/c1-8-10-11-12-13-14-15-16-17-18-19-20-21-22-23-24-25-26-29-36-45-52-59-75(80)92-71(63-86-73(78)57-50-43-35-30-27-28-33-40-47-54-67(3)4)65-90-94(82,83)88-61-70(77)62-89-95(84,85)91-66-72(64-87-74(79)58-51-44-39-38-41-48-55-68(5)6)93-76(81)60-53-46-37-32-31-34-42-49-56-69(7)9-2/h67-72,77H,8-66H2,1-7H3,(H,82,83)(H,84,85)/t69?,70-,71-,72-/m1/s1. The van der Waals surface area contributed by atoms with Crippen LogP contribution < -0.4 is 0 Å². The van der Waals surface area contributed by atoms with Crippen molar-refractivity contribution in [3.8, 4) is 0 Å². The summed E-state index contributed by atoms with van der Waals surface area (Å²) in [6.45, 7) is 11.8. The smallest absolute Gasteiger partial charge is 0.462 e. The number of carbonyl (C=O) groups excluding carboxylic acids is 4. The molecular weight excluding hydrogens is 1250 g/mol. The number of aliphatic hydroxyl groups is 1. The summed E-state index contributed by atoms with van der Waals surface area (Å²) in [6, 6.07) is 0. The number of phosphoric acid groups is 2. The van der Waals surface area contributed by atoms with Crippen LogP contribution in [0.25, 0.3) is 0 Å².